The third-order valence-corrected chi connectivity index (χ3v) is 13.9. The van der Waals surface area contributed by atoms with Gasteiger partial charge in [0, 0.05) is 12.8 Å². The third kappa shape index (κ3) is 50.3. The molecule has 0 saturated heterocycles. The van der Waals surface area contributed by atoms with Gasteiger partial charge in [0.15, 0.2) is 0 Å². The number of unbranched alkanes of at least 4 members (excludes halogenated alkanes) is 44. The number of rotatable bonds is 55. The number of esters is 1. The molecule has 2 unspecified atom stereocenters. The van der Waals surface area contributed by atoms with E-state index in [9.17, 15) is 19.8 Å². The Labute approximate surface area is 400 Å². The largest absolute Gasteiger partial charge is 0.466 e. The van der Waals surface area contributed by atoms with Crippen LogP contribution in [0.3, 0.4) is 0 Å². The van der Waals surface area contributed by atoms with Crippen molar-refractivity contribution in [2.24, 2.45) is 0 Å². The van der Waals surface area contributed by atoms with Gasteiger partial charge in [0.25, 0.3) is 0 Å². The summed E-state index contributed by atoms with van der Waals surface area (Å²) in [6.07, 6.45) is 62.3. The zero-order chi connectivity index (χ0) is 46.5. The smallest absolute Gasteiger partial charge is 0.305 e. The van der Waals surface area contributed by atoms with Crippen molar-refractivity contribution in [3.05, 3.63) is 0 Å². The number of carbonyl (C=O) groups excluding carboxylic acids is 2. The summed E-state index contributed by atoms with van der Waals surface area (Å²) in [5.74, 6) is -0.0392. The maximum absolute atomic E-state index is 12.5. The molecule has 0 fully saturated rings. The molecule has 1 amide bonds. The second kappa shape index (κ2) is 54.5. The van der Waals surface area contributed by atoms with E-state index in [1.54, 1.807) is 0 Å². The van der Waals surface area contributed by atoms with E-state index in [0.717, 1.165) is 51.4 Å². The van der Waals surface area contributed by atoms with E-state index >= 15 is 0 Å². The average molecular weight is 907 g/mol. The molecule has 0 aliphatic heterocycles. The summed E-state index contributed by atoms with van der Waals surface area (Å²) in [7, 11) is 0. The highest BCUT2D eigenvalue weighted by atomic mass is 16.5. The van der Waals surface area contributed by atoms with E-state index in [0.29, 0.717) is 25.9 Å². The lowest BCUT2D eigenvalue weighted by atomic mass is 10.0. The Morgan fingerprint density at radius 2 is 0.641 bits per heavy atom. The maximum atomic E-state index is 12.5. The van der Waals surface area contributed by atoms with Crippen LogP contribution in [0, 0.1) is 0 Å². The van der Waals surface area contributed by atoms with E-state index in [-0.39, 0.29) is 18.5 Å². The van der Waals surface area contributed by atoms with Crippen LogP contribution in [0.4, 0.5) is 0 Å². The second-order valence-corrected chi connectivity index (χ2v) is 20.3. The van der Waals surface area contributed by atoms with E-state index in [2.05, 4.69) is 19.2 Å². The van der Waals surface area contributed by atoms with Crippen LogP contribution in [0.2, 0.25) is 0 Å². The topological polar surface area (TPSA) is 95.9 Å². The third-order valence-electron chi connectivity index (χ3n) is 13.9. The van der Waals surface area contributed by atoms with Crippen LogP contribution in [0.1, 0.15) is 335 Å². The lowest BCUT2D eigenvalue weighted by Gasteiger charge is -2.22. The summed E-state index contributed by atoms with van der Waals surface area (Å²) in [6, 6.07) is -0.547. The zero-order valence-corrected chi connectivity index (χ0v) is 43.5. The van der Waals surface area contributed by atoms with Crippen molar-refractivity contribution in [1.29, 1.82) is 0 Å². The minimum absolute atomic E-state index is 0.00359. The van der Waals surface area contributed by atoms with Crippen LogP contribution in [-0.4, -0.2) is 47.4 Å². The lowest BCUT2D eigenvalue weighted by Crippen LogP contribution is -2.45. The van der Waals surface area contributed by atoms with Gasteiger partial charge < -0.3 is 20.3 Å². The van der Waals surface area contributed by atoms with Crippen molar-refractivity contribution in [2.75, 3.05) is 13.2 Å². The van der Waals surface area contributed by atoms with E-state index in [1.807, 2.05) is 0 Å². The molecule has 0 aromatic heterocycles. The van der Waals surface area contributed by atoms with Gasteiger partial charge in [-0.2, -0.15) is 0 Å². The molecule has 0 aromatic carbocycles. The first-order chi connectivity index (χ1) is 31.5. The molecule has 6 heteroatoms. The highest BCUT2D eigenvalue weighted by Crippen LogP contribution is 2.18. The molecule has 0 rings (SSSR count). The molecule has 0 heterocycles. The van der Waals surface area contributed by atoms with Gasteiger partial charge >= 0.3 is 5.97 Å². The minimum Gasteiger partial charge on any atom is -0.466 e. The molecule has 64 heavy (non-hydrogen) atoms. The van der Waals surface area contributed by atoms with Gasteiger partial charge in [0.2, 0.25) is 5.91 Å². The van der Waals surface area contributed by atoms with E-state index < -0.39 is 12.1 Å². The Bertz CT molecular complexity index is 913. The van der Waals surface area contributed by atoms with E-state index in [4.69, 9.17) is 4.74 Å². The number of aliphatic hydroxyl groups excluding tert-OH is 2. The van der Waals surface area contributed by atoms with Crippen LogP contribution in [0.15, 0.2) is 0 Å². The van der Waals surface area contributed by atoms with Gasteiger partial charge in [0.1, 0.15) is 0 Å². The summed E-state index contributed by atoms with van der Waals surface area (Å²) >= 11 is 0. The summed E-state index contributed by atoms with van der Waals surface area (Å²) in [4.78, 5) is 24.6. The first-order valence-electron chi connectivity index (χ1n) is 29.3. The number of hydrogen-bond acceptors (Lipinski definition) is 5. The van der Waals surface area contributed by atoms with E-state index in [1.165, 1.54) is 250 Å². The number of carbonyl (C=O) groups is 2. The van der Waals surface area contributed by atoms with Crippen molar-refractivity contribution >= 4 is 11.9 Å². The van der Waals surface area contributed by atoms with Crippen LogP contribution in [-0.2, 0) is 14.3 Å². The quantitative estimate of drug-likeness (QED) is 0.0417. The Balaban J connectivity index is 3.39. The Morgan fingerprint density at radius 3 is 0.953 bits per heavy atom. The van der Waals surface area contributed by atoms with Gasteiger partial charge in [-0.15, -0.1) is 0 Å². The maximum Gasteiger partial charge on any atom is 0.305 e. The van der Waals surface area contributed by atoms with Crippen LogP contribution in [0.5, 0.6) is 0 Å². The second-order valence-electron chi connectivity index (χ2n) is 20.3. The monoisotopic (exact) mass is 906 g/mol. The average Bonchev–Trinajstić information content (AvgIpc) is 3.29. The molecule has 0 spiro atoms. The molecule has 0 bridgehead atoms. The van der Waals surface area contributed by atoms with Crippen molar-refractivity contribution in [3.8, 4) is 0 Å². The SMILES string of the molecule is CCCCCCCCCCCCCCCCCCCCCC(=O)OCCCCCCCCCCCCCCCCC(=O)NC(CO)C(O)CCCCCCCCCCCCCCCC. The number of aliphatic hydroxyl groups is 2. The molecule has 0 radical (unpaired) electrons. The van der Waals surface area contributed by atoms with Crippen LogP contribution in [0.25, 0.3) is 0 Å². The highest BCUT2D eigenvalue weighted by Gasteiger charge is 2.20. The van der Waals surface area contributed by atoms with Crippen molar-refractivity contribution in [3.63, 3.8) is 0 Å². The fourth-order valence-corrected chi connectivity index (χ4v) is 9.41. The fraction of sp³-hybridized carbons (Fsp3) is 0.966. The molecule has 6 nitrogen and oxygen atoms in total. The number of nitrogens with one attached hydrogen (secondary N) is 1. The Hall–Kier alpha value is -1.14. The van der Waals surface area contributed by atoms with Gasteiger partial charge in [-0.25, -0.2) is 0 Å². The molecule has 0 aliphatic carbocycles. The molecular formula is C58H115NO5. The molecule has 0 aromatic rings. The lowest BCUT2D eigenvalue weighted by molar-refractivity contribution is -0.143. The predicted octanol–water partition coefficient (Wildman–Crippen LogP) is 17.9. The van der Waals surface area contributed by atoms with Gasteiger partial charge in [-0.3, -0.25) is 9.59 Å². The molecule has 382 valence electrons. The predicted molar refractivity (Wildman–Crippen MR) is 278 cm³/mol. The number of hydrogen-bond donors (Lipinski definition) is 3. The first-order valence-corrected chi connectivity index (χ1v) is 29.3. The van der Waals surface area contributed by atoms with Crippen molar-refractivity contribution < 1.29 is 24.5 Å². The molecule has 2 atom stereocenters. The normalized spacial score (nSPS) is 12.5. The highest BCUT2D eigenvalue weighted by molar-refractivity contribution is 5.76. The molecule has 0 aliphatic rings. The summed E-state index contributed by atoms with van der Waals surface area (Å²) in [5.41, 5.74) is 0. The minimum atomic E-state index is -0.669. The van der Waals surface area contributed by atoms with Crippen molar-refractivity contribution in [1.82, 2.24) is 5.32 Å². The van der Waals surface area contributed by atoms with Crippen LogP contribution >= 0.6 is 0 Å². The first kappa shape index (κ1) is 62.9. The summed E-state index contributed by atoms with van der Waals surface area (Å²) < 4.78 is 5.49. The summed E-state index contributed by atoms with van der Waals surface area (Å²) in [5, 5.41) is 23.2. The van der Waals surface area contributed by atoms with Crippen LogP contribution < -0.4 is 5.32 Å². The summed E-state index contributed by atoms with van der Waals surface area (Å²) in [6.45, 7) is 4.96. The molecule has 0 saturated carbocycles. The molecular weight excluding hydrogens is 791 g/mol. The fourth-order valence-electron chi connectivity index (χ4n) is 9.41. The standard InChI is InChI=1S/C58H115NO5/c1-3-5-7-9-11-13-15-17-19-20-21-22-23-28-32-36-40-44-48-52-58(63)64-53-49-45-41-37-33-29-25-24-27-31-35-39-43-47-51-57(62)59-55(54-60)56(61)50-46-42-38-34-30-26-18-16-14-12-10-8-6-4-2/h55-56,60-61H,3-54H2,1-2H3,(H,59,62). The van der Waals surface area contributed by atoms with Gasteiger partial charge in [-0.05, 0) is 25.7 Å². The number of ether oxygens (including phenoxy) is 1. The number of amides is 1. The van der Waals surface area contributed by atoms with Crippen molar-refractivity contribution in [2.45, 2.75) is 347 Å². The molecule has 3 N–H and O–H groups in total. The Morgan fingerprint density at radius 1 is 0.375 bits per heavy atom. The van der Waals surface area contributed by atoms with Gasteiger partial charge in [-0.1, -0.05) is 296 Å². The Kier molecular flexibility index (Phi) is 53.5. The van der Waals surface area contributed by atoms with Gasteiger partial charge in [0.05, 0.1) is 25.4 Å². The zero-order valence-electron chi connectivity index (χ0n) is 43.5.